The van der Waals surface area contributed by atoms with Crippen LogP contribution in [0.1, 0.15) is 38.2 Å². The van der Waals surface area contributed by atoms with Gasteiger partial charge in [-0.15, -0.1) is 0 Å². The molecule has 116 valence electrons. The highest BCUT2D eigenvalue weighted by atomic mass is 19.4. The van der Waals surface area contributed by atoms with E-state index in [2.05, 4.69) is 12.2 Å². The lowest BCUT2D eigenvalue weighted by molar-refractivity contribution is -0.388. The Kier molecular flexibility index (Phi) is 4.11. The normalized spacial score (nSPS) is 17.7. The van der Waals surface area contributed by atoms with Crippen LogP contribution in [0.25, 0.3) is 0 Å². The Bertz CT molecular complexity index is 538. The second-order valence-electron chi connectivity index (χ2n) is 5.86. The first kappa shape index (κ1) is 15.6. The highest BCUT2D eigenvalue weighted by Crippen LogP contribution is 2.39. The van der Waals surface area contributed by atoms with E-state index < -0.39 is 22.4 Å². The fourth-order valence-corrected chi connectivity index (χ4v) is 2.75. The Labute approximate surface area is 120 Å². The zero-order chi connectivity index (χ0) is 15.7. The van der Waals surface area contributed by atoms with Crippen molar-refractivity contribution >= 4 is 11.4 Å². The molecule has 21 heavy (non-hydrogen) atoms. The van der Waals surface area contributed by atoms with Crippen molar-refractivity contribution in [1.29, 1.82) is 0 Å². The van der Waals surface area contributed by atoms with E-state index in [0.29, 0.717) is 6.54 Å². The maximum atomic E-state index is 12.9. The number of hydrogen-bond acceptors (Lipinski definition) is 3. The molecule has 0 radical (unpaired) electrons. The van der Waals surface area contributed by atoms with Crippen LogP contribution in [0, 0.1) is 15.5 Å². The molecule has 0 amide bonds. The van der Waals surface area contributed by atoms with E-state index in [1.165, 1.54) is 6.07 Å². The Morgan fingerprint density at radius 2 is 1.95 bits per heavy atom. The molecule has 4 nitrogen and oxygen atoms in total. The van der Waals surface area contributed by atoms with Gasteiger partial charge < -0.3 is 5.32 Å². The molecule has 1 aliphatic rings. The van der Waals surface area contributed by atoms with Crippen molar-refractivity contribution < 1.29 is 18.1 Å². The van der Waals surface area contributed by atoms with Gasteiger partial charge in [0.05, 0.1) is 4.92 Å². The van der Waals surface area contributed by atoms with Crippen LogP contribution < -0.4 is 5.32 Å². The van der Waals surface area contributed by atoms with Crippen LogP contribution in [-0.2, 0) is 6.18 Å². The van der Waals surface area contributed by atoms with Crippen molar-refractivity contribution in [2.45, 2.75) is 38.8 Å². The average molecular weight is 302 g/mol. The summed E-state index contributed by atoms with van der Waals surface area (Å²) in [4.78, 5) is 9.67. The SMILES string of the molecule is CC1(CNc2ccc([N+](=O)[O-])c(C(F)(F)F)c2)CCCC1. The van der Waals surface area contributed by atoms with Crippen LogP contribution >= 0.6 is 0 Å². The Hall–Kier alpha value is -1.79. The van der Waals surface area contributed by atoms with Crippen molar-refractivity contribution in [2.75, 3.05) is 11.9 Å². The highest BCUT2D eigenvalue weighted by Gasteiger charge is 2.38. The molecule has 0 bridgehead atoms. The van der Waals surface area contributed by atoms with Gasteiger partial charge in [-0.2, -0.15) is 13.2 Å². The fraction of sp³-hybridized carbons (Fsp3) is 0.571. The van der Waals surface area contributed by atoms with Crippen LogP contribution in [0.3, 0.4) is 0 Å². The van der Waals surface area contributed by atoms with Gasteiger partial charge in [-0.25, -0.2) is 0 Å². The molecule has 1 fully saturated rings. The van der Waals surface area contributed by atoms with Crippen LogP contribution in [0.5, 0.6) is 0 Å². The topological polar surface area (TPSA) is 55.2 Å². The summed E-state index contributed by atoms with van der Waals surface area (Å²) in [6, 6.07) is 3.05. The molecular formula is C14H17F3N2O2. The monoisotopic (exact) mass is 302 g/mol. The zero-order valence-electron chi connectivity index (χ0n) is 11.7. The summed E-state index contributed by atoms with van der Waals surface area (Å²) in [5.41, 5.74) is -1.78. The maximum absolute atomic E-state index is 12.9. The van der Waals surface area contributed by atoms with E-state index in [1.807, 2.05) is 0 Å². The van der Waals surface area contributed by atoms with E-state index in [0.717, 1.165) is 37.8 Å². The van der Waals surface area contributed by atoms with Crippen LogP contribution in [0.4, 0.5) is 24.5 Å². The molecule has 0 heterocycles. The number of alkyl halides is 3. The van der Waals surface area contributed by atoms with Gasteiger partial charge in [0.25, 0.3) is 5.69 Å². The standard InChI is InChI=1S/C14H17F3N2O2/c1-13(6-2-3-7-13)9-18-10-4-5-12(19(20)21)11(8-10)14(15,16)17/h4-5,8,18H,2-3,6-7,9H2,1H3. The first-order valence-corrected chi connectivity index (χ1v) is 6.81. The van der Waals surface area contributed by atoms with Gasteiger partial charge in [0, 0.05) is 18.3 Å². The molecule has 1 aromatic carbocycles. The van der Waals surface area contributed by atoms with Gasteiger partial charge in [0.1, 0.15) is 5.56 Å². The molecule has 0 saturated heterocycles. The van der Waals surface area contributed by atoms with Gasteiger partial charge in [0.2, 0.25) is 0 Å². The van der Waals surface area contributed by atoms with Crippen molar-refractivity contribution in [3.05, 3.63) is 33.9 Å². The number of halogens is 3. The molecule has 7 heteroatoms. The number of rotatable bonds is 4. The fourth-order valence-electron chi connectivity index (χ4n) is 2.75. The maximum Gasteiger partial charge on any atom is 0.423 e. The van der Waals surface area contributed by atoms with Crippen molar-refractivity contribution in [2.24, 2.45) is 5.41 Å². The van der Waals surface area contributed by atoms with Crippen molar-refractivity contribution in [3.8, 4) is 0 Å². The molecule has 0 atom stereocenters. The van der Waals surface area contributed by atoms with E-state index in [-0.39, 0.29) is 11.1 Å². The third kappa shape index (κ3) is 3.65. The lowest BCUT2D eigenvalue weighted by Crippen LogP contribution is -2.23. The van der Waals surface area contributed by atoms with Gasteiger partial charge in [-0.1, -0.05) is 19.8 Å². The zero-order valence-corrected chi connectivity index (χ0v) is 11.7. The third-order valence-corrected chi connectivity index (χ3v) is 4.03. The molecule has 1 N–H and O–H groups in total. The lowest BCUT2D eigenvalue weighted by atomic mass is 9.89. The Morgan fingerprint density at radius 3 is 2.48 bits per heavy atom. The summed E-state index contributed by atoms with van der Waals surface area (Å²) in [5.74, 6) is 0. The van der Waals surface area contributed by atoms with Crippen molar-refractivity contribution in [1.82, 2.24) is 0 Å². The largest absolute Gasteiger partial charge is 0.423 e. The predicted octanol–water partition coefficient (Wildman–Crippen LogP) is 4.61. The molecule has 0 aliphatic heterocycles. The lowest BCUT2D eigenvalue weighted by Gasteiger charge is -2.24. The Morgan fingerprint density at radius 1 is 1.33 bits per heavy atom. The number of nitro benzene ring substituents is 1. The quantitative estimate of drug-likeness (QED) is 0.653. The number of hydrogen-bond donors (Lipinski definition) is 1. The van der Waals surface area contributed by atoms with Gasteiger partial charge in [0.15, 0.2) is 0 Å². The highest BCUT2D eigenvalue weighted by molar-refractivity contribution is 5.55. The molecule has 0 spiro atoms. The minimum Gasteiger partial charge on any atom is -0.384 e. The smallest absolute Gasteiger partial charge is 0.384 e. The second-order valence-corrected chi connectivity index (χ2v) is 5.86. The summed E-state index contributed by atoms with van der Waals surface area (Å²) >= 11 is 0. The summed E-state index contributed by atoms with van der Waals surface area (Å²) in [6.45, 7) is 2.67. The van der Waals surface area contributed by atoms with Crippen molar-refractivity contribution in [3.63, 3.8) is 0 Å². The number of nitro groups is 1. The van der Waals surface area contributed by atoms with Gasteiger partial charge >= 0.3 is 6.18 Å². The van der Waals surface area contributed by atoms with Gasteiger partial charge in [-0.3, -0.25) is 10.1 Å². The number of nitrogens with one attached hydrogen (secondary N) is 1. The first-order chi connectivity index (χ1) is 9.71. The molecule has 1 saturated carbocycles. The van der Waals surface area contributed by atoms with E-state index in [1.54, 1.807) is 0 Å². The molecule has 1 aliphatic carbocycles. The summed E-state index contributed by atoms with van der Waals surface area (Å²) in [6.07, 6.45) is -0.395. The average Bonchev–Trinajstić information content (AvgIpc) is 2.82. The minimum atomic E-state index is -4.74. The number of anilines is 1. The van der Waals surface area contributed by atoms with Crippen LogP contribution in [-0.4, -0.2) is 11.5 Å². The van der Waals surface area contributed by atoms with E-state index >= 15 is 0 Å². The predicted molar refractivity (Wildman–Crippen MR) is 73.2 cm³/mol. The summed E-state index contributed by atoms with van der Waals surface area (Å²) in [7, 11) is 0. The minimum absolute atomic E-state index is 0.0835. The molecule has 0 aromatic heterocycles. The summed E-state index contributed by atoms with van der Waals surface area (Å²) in [5, 5.41) is 13.7. The van der Waals surface area contributed by atoms with Crippen LogP contribution in [0.2, 0.25) is 0 Å². The van der Waals surface area contributed by atoms with E-state index in [4.69, 9.17) is 0 Å². The van der Waals surface area contributed by atoms with Gasteiger partial charge in [-0.05, 0) is 30.4 Å². The number of benzene rings is 1. The molecule has 1 aromatic rings. The Balaban J connectivity index is 2.19. The van der Waals surface area contributed by atoms with E-state index in [9.17, 15) is 23.3 Å². The van der Waals surface area contributed by atoms with Crippen LogP contribution in [0.15, 0.2) is 18.2 Å². The molecule has 2 rings (SSSR count). The number of nitrogens with zero attached hydrogens (tertiary/aromatic N) is 1. The molecular weight excluding hydrogens is 285 g/mol. The summed E-state index contributed by atoms with van der Waals surface area (Å²) < 4.78 is 38.6. The second kappa shape index (κ2) is 5.54. The third-order valence-electron chi connectivity index (χ3n) is 4.03. The first-order valence-electron chi connectivity index (χ1n) is 6.81. The molecule has 0 unspecified atom stereocenters.